The summed E-state index contributed by atoms with van der Waals surface area (Å²) < 4.78 is 28.9. The highest BCUT2D eigenvalue weighted by molar-refractivity contribution is 7.89. The van der Waals surface area contributed by atoms with Crippen LogP contribution >= 0.6 is 11.6 Å². The first-order chi connectivity index (χ1) is 14.3. The van der Waals surface area contributed by atoms with Crippen LogP contribution in [0.5, 0.6) is 0 Å². The van der Waals surface area contributed by atoms with E-state index in [1.54, 1.807) is 35.2 Å². The Morgan fingerprint density at radius 3 is 2.33 bits per heavy atom. The maximum atomic E-state index is 13.1. The number of hydrogen-bond acceptors (Lipinski definition) is 6. The van der Waals surface area contributed by atoms with Crippen molar-refractivity contribution in [1.29, 1.82) is 0 Å². The summed E-state index contributed by atoms with van der Waals surface area (Å²) in [7, 11) is -3.61. The Hall–Kier alpha value is -2.49. The smallest absolute Gasteiger partial charge is 0.294 e. The molecule has 3 aromatic rings. The summed E-state index contributed by atoms with van der Waals surface area (Å²) in [5.74, 6) is 0.339. The van der Waals surface area contributed by atoms with E-state index in [1.807, 2.05) is 18.7 Å². The van der Waals surface area contributed by atoms with E-state index in [2.05, 4.69) is 9.97 Å². The maximum Gasteiger partial charge on any atom is 0.294 e. The lowest BCUT2D eigenvalue weighted by molar-refractivity contribution is 0.383. The molecule has 30 heavy (non-hydrogen) atoms. The Kier molecular flexibility index (Phi) is 5.52. The van der Waals surface area contributed by atoms with Gasteiger partial charge in [0, 0.05) is 43.4 Å². The molecular weight excluding hydrogens is 426 g/mol. The van der Waals surface area contributed by atoms with Crippen molar-refractivity contribution in [3.63, 3.8) is 0 Å². The number of hydrogen-bond donors (Lipinski definition) is 0. The molecule has 3 heterocycles. The van der Waals surface area contributed by atoms with Gasteiger partial charge >= 0.3 is 0 Å². The molecule has 1 saturated heterocycles. The number of anilines is 1. The molecule has 0 saturated carbocycles. The van der Waals surface area contributed by atoms with Crippen molar-refractivity contribution in [1.82, 2.24) is 18.8 Å². The molecule has 4 rings (SSSR count). The number of halogens is 1. The average molecular weight is 448 g/mol. The normalized spacial score (nSPS) is 15.8. The van der Waals surface area contributed by atoms with Crippen LogP contribution in [0.25, 0.3) is 11.0 Å². The molecule has 0 radical (unpaired) electrons. The predicted octanol–water partition coefficient (Wildman–Crippen LogP) is 2.54. The SMILES string of the molecule is CC(C)n1c(=O)c(N2CCN(S(=O)(=O)c3ccc(Cl)cc3)CC2)nc2ccncc21. The summed E-state index contributed by atoms with van der Waals surface area (Å²) in [5.41, 5.74) is 1.18. The van der Waals surface area contributed by atoms with E-state index >= 15 is 0 Å². The van der Waals surface area contributed by atoms with E-state index in [4.69, 9.17) is 11.6 Å². The van der Waals surface area contributed by atoms with Crippen molar-refractivity contribution in [3.8, 4) is 0 Å². The number of pyridine rings is 1. The lowest BCUT2D eigenvalue weighted by Gasteiger charge is -2.34. The van der Waals surface area contributed by atoms with Crippen LogP contribution in [0.1, 0.15) is 19.9 Å². The molecule has 0 atom stereocenters. The summed E-state index contributed by atoms with van der Waals surface area (Å²) in [5, 5.41) is 0.484. The van der Waals surface area contributed by atoms with Gasteiger partial charge in [-0.1, -0.05) is 11.6 Å². The van der Waals surface area contributed by atoms with E-state index < -0.39 is 10.0 Å². The maximum absolute atomic E-state index is 13.1. The quantitative estimate of drug-likeness (QED) is 0.610. The fourth-order valence-electron chi connectivity index (χ4n) is 3.65. The highest BCUT2D eigenvalue weighted by Gasteiger charge is 2.30. The first-order valence-corrected chi connectivity index (χ1v) is 11.5. The van der Waals surface area contributed by atoms with Gasteiger partial charge < -0.3 is 4.90 Å². The molecule has 2 aromatic heterocycles. The number of piperazine rings is 1. The second-order valence-corrected chi connectivity index (χ2v) is 9.79. The van der Waals surface area contributed by atoms with Gasteiger partial charge in [-0.2, -0.15) is 4.31 Å². The van der Waals surface area contributed by atoms with Crippen LogP contribution in [0.2, 0.25) is 5.02 Å². The number of fused-ring (bicyclic) bond motifs is 1. The van der Waals surface area contributed by atoms with Gasteiger partial charge in [0.25, 0.3) is 5.56 Å². The second kappa shape index (κ2) is 7.98. The molecular formula is C20H22ClN5O3S. The van der Waals surface area contributed by atoms with Crippen LogP contribution in [0.3, 0.4) is 0 Å². The summed E-state index contributed by atoms with van der Waals surface area (Å²) in [6.07, 6.45) is 3.29. The molecule has 158 valence electrons. The third kappa shape index (κ3) is 3.68. The lowest BCUT2D eigenvalue weighted by atomic mass is 10.3. The monoisotopic (exact) mass is 447 g/mol. The fraction of sp³-hybridized carbons (Fsp3) is 0.350. The Labute approximate surface area is 179 Å². The van der Waals surface area contributed by atoms with E-state index in [9.17, 15) is 13.2 Å². The molecule has 0 unspecified atom stereocenters. The highest BCUT2D eigenvalue weighted by Crippen LogP contribution is 2.22. The van der Waals surface area contributed by atoms with Crippen molar-refractivity contribution in [2.24, 2.45) is 0 Å². The molecule has 0 bridgehead atoms. The molecule has 0 amide bonds. The van der Waals surface area contributed by atoms with Crippen molar-refractivity contribution >= 4 is 38.5 Å². The van der Waals surface area contributed by atoms with E-state index in [-0.39, 0.29) is 29.6 Å². The van der Waals surface area contributed by atoms with Crippen LogP contribution in [0.15, 0.2) is 52.4 Å². The molecule has 0 aliphatic carbocycles. The van der Waals surface area contributed by atoms with E-state index in [1.165, 1.54) is 16.4 Å². The number of rotatable bonds is 4. The molecule has 0 N–H and O–H groups in total. The van der Waals surface area contributed by atoms with Crippen molar-refractivity contribution in [3.05, 3.63) is 58.1 Å². The average Bonchev–Trinajstić information content (AvgIpc) is 2.73. The van der Waals surface area contributed by atoms with Crippen molar-refractivity contribution in [2.45, 2.75) is 24.8 Å². The second-order valence-electron chi connectivity index (χ2n) is 7.41. The molecule has 1 aromatic carbocycles. The van der Waals surface area contributed by atoms with Gasteiger partial charge in [-0.05, 0) is 44.2 Å². The van der Waals surface area contributed by atoms with Gasteiger partial charge in [-0.15, -0.1) is 0 Å². The van der Waals surface area contributed by atoms with Gasteiger partial charge in [0.1, 0.15) is 0 Å². The van der Waals surface area contributed by atoms with Crippen molar-refractivity contribution in [2.75, 3.05) is 31.1 Å². The van der Waals surface area contributed by atoms with Gasteiger partial charge in [-0.25, -0.2) is 13.4 Å². The van der Waals surface area contributed by atoms with Crippen LogP contribution in [-0.4, -0.2) is 53.4 Å². The summed E-state index contributed by atoms with van der Waals surface area (Å²) in [6.45, 7) is 5.17. The molecule has 0 spiro atoms. The number of aromatic nitrogens is 3. The predicted molar refractivity (Wildman–Crippen MR) is 117 cm³/mol. The Morgan fingerprint density at radius 1 is 1.03 bits per heavy atom. The molecule has 1 fully saturated rings. The standard InChI is InChI=1S/C20H22ClN5O3S/c1-14(2)26-18-13-22-8-7-17(18)23-19(20(26)27)24-9-11-25(12-10-24)30(28,29)16-5-3-15(21)4-6-16/h3-8,13-14H,9-12H2,1-2H3. The minimum absolute atomic E-state index is 0.0579. The Bertz CT molecular complexity index is 1230. The molecule has 1 aliphatic rings. The number of benzene rings is 1. The minimum atomic E-state index is -3.61. The van der Waals surface area contributed by atoms with Gasteiger partial charge in [0.2, 0.25) is 10.0 Å². The van der Waals surface area contributed by atoms with Crippen LogP contribution in [-0.2, 0) is 10.0 Å². The summed E-state index contributed by atoms with van der Waals surface area (Å²) in [4.78, 5) is 23.9. The Balaban J connectivity index is 1.62. The third-order valence-electron chi connectivity index (χ3n) is 5.18. The van der Waals surface area contributed by atoms with E-state index in [0.29, 0.717) is 35.0 Å². The summed E-state index contributed by atoms with van der Waals surface area (Å²) in [6, 6.07) is 7.85. The van der Waals surface area contributed by atoms with Crippen LogP contribution in [0.4, 0.5) is 5.82 Å². The molecule has 8 nitrogen and oxygen atoms in total. The molecule has 10 heteroatoms. The highest BCUT2D eigenvalue weighted by atomic mass is 35.5. The topological polar surface area (TPSA) is 88.4 Å². The number of sulfonamides is 1. The van der Waals surface area contributed by atoms with Crippen molar-refractivity contribution < 1.29 is 8.42 Å². The zero-order chi connectivity index (χ0) is 21.5. The van der Waals surface area contributed by atoms with Crippen LogP contribution in [0, 0.1) is 0 Å². The largest absolute Gasteiger partial charge is 0.349 e. The first kappa shape index (κ1) is 20.8. The zero-order valence-electron chi connectivity index (χ0n) is 16.7. The van der Waals surface area contributed by atoms with Gasteiger partial charge in [-0.3, -0.25) is 14.3 Å². The van der Waals surface area contributed by atoms with E-state index in [0.717, 1.165) is 0 Å². The fourth-order valence-corrected chi connectivity index (χ4v) is 5.20. The first-order valence-electron chi connectivity index (χ1n) is 9.66. The molecule has 1 aliphatic heterocycles. The van der Waals surface area contributed by atoms with Gasteiger partial charge in [0.15, 0.2) is 5.82 Å². The lowest BCUT2D eigenvalue weighted by Crippen LogP contribution is -2.50. The number of nitrogens with zero attached hydrogens (tertiary/aromatic N) is 5. The van der Waals surface area contributed by atoms with Crippen LogP contribution < -0.4 is 10.5 Å². The summed E-state index contributed by atoms with van der Waals surface area (Å²) >= 11 is 5.87. The Morgan fingerprint density at radius 2 is 1.70 bits per heavy atom. The minimum Gasteiger partial charge on any atom is -0.349 e. The van der Waals surface area contributed by atoms with Gasteiger partial charge in [0.05, 0.1) is 22.1 Å². The third-order valence-corrected chi connectivity index (χ3v) is 7.34. The zero-order valence-corrected chi connectivity index (χ0v) is 18.3.